The summed E-state index contributed by atoms with van der Waals surface area (Å²) in [5.74, 6) is 0.217. The SMILES string of the molecule is COc1cnc(C(F)(F)F)cc1[C@H](C)N[S@+]([O-])C(C)(C)C. The minimum Gasteiger partial charge on any atom is -0.598 e. The molecule has 1 aromatic rings. The third-order valence-electron chi connectivity index (χ3n) is 2.71. The molecule has 1 N–H and O–H groups in total. The Labute approximate surface area is 125 Å². The van der Waals surface area contributed by atoms with E-state index in [4.69, 9.17) is 4.74 Å². The zero-order chi connectivity index (χ0) is 16.4. The third kappa shape index (κ3) is 4.76. The van der Waals surface area contributed by atoms with Crippen LogP contribution in [0.1, 0.15) is 45.0 Å². The van der Waals surface area contributed by atoms with Crippen molar-refractivity contribution in [2.24, 2.45) is 0 Å². The molecule has 2 atom stereocenters. The Morgan fingerprint density at radius 3 is 2.33 bits per heavy atom. The Morgan fingerprint density at radius 1 is 1.33 bits per heavy atom. The van der Waals surface area contributed by atoms with Crippen molar-refractivity contribution in [3.05, 3.63) is 23.5 Å². The van der Waals surface area contributed by atoms with Crippen molar-refractivity contribution < 1.29 is 22.5 Å². The van der Waals surface area contributed by atoms with Gasteiger partial charge in [-0.1, -0.05) is 0 Å². The molecule has 0 fully saturated rings. The monoisotopic (exact) mass is 324 g/mol. The van der Waals surface area contributed by atoms with Crippen molar-refractivity contribution in [1.29, 1.82) is 0 Å². The molecule has 0 aromatic carbocycles. The Bertz CT molecular complexity index is 489. The molecule has 0 aliphatic heterocycles. The summed E-state index contributed by atoms with van der Waals surface area (Å²) in [5.41, 5.74) is -0.745. The van der Waals surface area contributed by atoms with Gasteiger partial charge in [-0.2, -0.15) is 13.2 Å². The Kier molecular flexibility index (Phi) is 5.51. The van der Waals surface area contributed by atoms with E-state index in [0.717, 1.165) is 12.3 Å². The maximum absolute atomic E-state index is 12.7. The fourth-order valence-electron chi connectivity index (χ4n) is 1.52. The third-order valence-corrected chi connectivity index (χ3v) is 4.39. The number of hydrogen-bond donors (Lipinski definition) is 1. The number of rotatable bonds is 4. The van der Waals surface area contributed by atoms with E-state index in [9.17, 15) is 17.7 Å². The molecule has 0 spiro atoms. The molecular formula is C13H19F3N2O2S. The molecule has 1 aromatic heterocycles. The molecule has 120 valence electrons. The van der Waals surface area contributed by atoms with Gasteiger partial charge in [-0.05, 0) is 33.8 Å². The molecule has 0 aliphatic carbocycles. The molecule has 1 heterocycles. The topological polar surface area (TPSA) is 57.2 Å². The van der Waals surface area contributed by atoms with E-state index in [-0.39, 0.29) is 11.3 Å². The van der Waals surface area contributed by atoms with Crippen LogP contribution in [-0.4, -0.2) is 21.4 Å². The van der Waals surface area contributed by atoms with Gasteiger partial charge in [-0.25, -0.2) is 4.98 Å². The Hall–Kier alpha value is -0.990. The molecule has 8 heteroatoms. The first kappa shape index (κ1) is 18.1. The summed E-state index contributed by atoms with van der Waals surface area (Å²) < 4.78 is 57.5. The van der Waals surface area contributed by atoms with Crippen molar-refractivity contribution in [3.8, 4) is 5.75 Å². The van der Waals surface area contributed by atoms with Gasteiger partial charge in [0.1, 0.15) is 16.2 Å². The van der Waals surface area contributed by atoms with E-state index in [1.165, 1.54) is 7.11 Å². The van der Waals surface area contributed by atoms with Gasteiger partial charge in [0.15, 0.2) is 0 Å². The highest BCUT2D eigenvalue weighted by Crippen LogP contribution is 2.33. The van der Waals surface area contributed by atoms with Crippen molar-refractivity contribution in [2.45, 2.75) is 44.7 Å². The summed E-state index contributed by atoms with van der Waals surface area (Å²) in [7, 11) is 1.35. The van der Waals surface area contributed by atoms with Crippen LogP contribution >= 0.6 is 0 Å². The number of aromatic nitrogens is 1. The van der Waals surface area contributed by atoms with Crippen LogP contribution in [0.5, 0.6) is 5.75 Å². The van der Waals surface area contributed by atoms with Gasteiger partial charge >= 0.3 is 6.18 Å². The minimum atomic E-state index is -4.54. The molecule has 21 heavy (non-hydrogen) atoms. The van der Waals surface area contributed by atoms with Gasteiger partial charge in [0.2, 0.25) is 0 Å². The van der Waals surface area contributed by atoms with Gasteiger partial charge in [0.25, 0.3) is 0 Å². The maximum atomic E-state index is 12.7. The summed E-state index contributed by atoms with van der Waals surface area (Å²) in [6, 6.07) is 0.334. The molecule has 0 radical (unpaired) electrons. The lowest BCUT2D eigenvalue weighted by Gasteiger charge is -2.27. The van der Waals surface area contributed by atoms with E-state index in [1.54, 1.807) is 27.7 Å². The summed E-state index contributed by atoms with van der Waals surface area (Å²) in [5, 5.41) is 0. The number of alkyl halides is 3. The lowest BCUT2D eigenvalue weighted by Crippen LogP contribution is -2.40. The number of nitrogens with zero attached hydrogens (tertiary/aromatic N) is 1. The molecule has 0 saturated carbocycles. The average molecular weight is 324 g/mol. The van der Waals surface area contributed by atoms with E-state index in [0.29, 0.717) is 0 Å². The second kappa shape index (κ2) is 6.41. The van der Waals surface area contributed by atoms with E-state index in [1.807, 2.05) is 0 Å². The second-order valence-corrected chi connectivity index (χ2v) is 7.53. The van der Waals surface area contributed by atoms with Gasteiger partial charge in [-0.3, -0.25) is 0 Å². The van der Waals surface area contributed by atoms with Gasteiger partial charge in [-0.15, -0.1) is 4.72 Å². The number of ether oxygens (including phenoxy) is 1. The normalized spacial score (nSPS) is 15.7. The molecule has 0 saturated heterocycles. The highest BCUT2D eigenvalue weighted by molar-refractivity contribution is 7.90. The van der Waals surface area contributed by atoms with Crippen LogP contribution in [0.25, 0.3) is 0 Å². The first-order valence-electron chi connectivity index (χ1n) is 6.26. The predicted molar refractivity (Wildman–Crippen MR) is 75.2 cm³/mol. The Balaban J connectivity index is 3.09. The fraction of sp³-hybridized carbons (Fsp3) is 0.615. The molecular weight excluding hydrogens is 305 g/mol. The molecule has 0 unspecified atom stereocenters. The van der Waals surface area contributed by atoms with Gasteiger partial charge in [0.05, 0.1) is 19.3 Å². The standard InChI is InChI=1S/C13H19F3N2O2S/c1-8(18-21(19)12(2,3)4)9-6-11(13(14,15)16)17-7-10(9)20-5/h6-8,18H,1-5H3/t8-,21+/m0/s1. The zero-order valence-corrected chi connectivity index (χ0v) is 13.4. The van der Waals surface area contributed by atoms with Crippen LogP contribution in [-0.2, 0) is 17.5 Å². The fourth-order valence-corrected chi connectivity index (χ4v) is 2.32. The molecule has 0 amide bonds. The number of pyridine rings is 1. The summed E-state index contributed by atoms with van der Waals surface area (Å²) >= 11 is -1.41. The molecule has 4 nitrogen and oxygen atoms in total. The summed E-state index contributed by atoms with van der Waals surface area (Å²) in [4.78, 5) is 3.34. The number of hydrogen-bond acceptors (Lipinski definition) is 4. The highest BCUT2D eigenvalue weighted by Gasteiger charge is 2.35. The average Bonchev–Trinajstić information content (AvgIpc) is 2.35. The largest absolute Gasteiger partial charge is 0.598 e. The van der Waals surface area contributed by atoms with E-state index >= 15 is 0 Å². The van der Waals surface area contributed by atoms with Crippen LogP contribution in [0.4, 0.5) is 13.2 Å². The van der Waals surface area contributed by atoms with Gasteiger partial charge < -0.3 is 9.29 Å². The molecule has 0 bridgehead atoms. The lowest BCUT2D eigenvalue weighted by atomic mass is 10.1. The first-order chi connectivity index (χ1) is 9.46. The van der Waals surface area contributed by atoms with Crippen LogP contribution in [0.3, 0.4) is 0 Å². The number of methoxy groups -OCH3 is 1. The maximum Gasteiger partial charge on any atom is 0.433 e. The van der Waals surface area contributed by atoms with E-state index < -0.39 is 34.0 Å². The van der Waals surface area contributed by atoms with Crippen molar-refractivity contribution in [1.82, 2.24) is 9.71 Å². The van der Waals surface area contributed by atoms with Crippen molar-refractivity contribution in [2.75, 3.05) is 7.11 Å². The van der Waals surface area contributed by atoms with Crippen molar-refractivity contribution in [3.63, 3.8) is 0 Å². The highest BCUT2D eigenvalue weighted by atomic mass is 32.2. The molecule has 1 rings (SSSR count). The zero-order valence-electron chi connectivity index (χ0n) is 12.5. The van der Waals surface area contributed by atoms with Gasteiger partial charge in [0, 0.05) is 16.9 Å². The van der Waals surface area contributed by atoms with E-state index in [2.05, 4.69) is 9.71 Å². The molecule has 0 aliphatic rings. The van der Waals surface area contributed by atoms with Crippen molar-refractivity contribution >= 4 is 11.4 Å². The quantitative estimate of drug-likeness (QED) is 0.864. The van der Waals surface area contributed by atoms with Crippen LogP contribution < -0.4 is 9.46 Å². The Morgan fingerprint density at radius 2 is 1.90 bits per heavy atom. The number of nitrogens with one attached hydrogen (secondary N) is 1. The summed E-state index contributed by atoms with van der Waals surface area (Å²) in [6.07, 6.45) is -3.51. The second-order valence-electron chi connectivity index (χ2n) is 5.53. The summed E-state index contributed by atoms with van der Waals surface area (Å²) in [6.45, 7) is 6.94. The first-order valence-corrected chi connectivity index (χ1v) is 7.41. The van der Waals surface area contributed by atoms with Crippen LogP contribution in [0.2, 0.25) is 0 Å². The van der Waals surface area contributed by atoms with Crippen LogP contribution in [0.15, 0.2) is 12.3 Å². The smallest absolute Gasteiger partial charge is 0.433 e. The lowest BCUT2D eigenvalue weighted by molar-refractivity contribution is -0.141. The predicted octanol–water partition coefficient (Wildman–Crippen LogP) is 3.22. The minimum absolute atomic E-state index is 0.217. The van der Waals surface area contributed by atoms with Crippen LogP contribution in [0, 0.1) is 0 Å². The number of halogens is 3.